The molecule has 1 aromatic carbocycles. The van der Waals surface area contributed by atoms with Crippen LogP contribution in [0.15, 0.2) is 24.3 Å². The van der Waals surface area contributed by atoms with Crippen LogP contribution in [-0.4, -0.2) is 19.0 Å². The number of amides is 1. The van der Waals surface area contributed by atoms with E-state index in [0.717, 1.165) is 12.0 Å². The minimum Gasteiger partial charge on any atom is -0.356 e. The molecule has 15 heavy (non-hydrogen) atoms. The number of carbonyl (C=O) groups excluding carboxylic acids is 1. The average molecular weight is 227 g/mol. The Kier molecular flexibility index (Phi) is 5.15. The zero-order valence-corrected chi connectivity index (χ0v) is 9.26. The molecule has 0 atom stereocenters. The van der Waals surface area contributed by atoms with Crippen molar-refractivity contribution < 1.29 is 4.79 Å². The van der Waals surface area contributed by atoms with Crippen molar-refractivity contribution in [2.45, 2.75) is 12.8 Å². The normalized spacial score (nSPS) is 10.0. The van der Waals surface area contributed by atoms with Gasteiger partial charge in [0.25, 0.3) is 0 Å². The predicted molar refractivity (Wildman–Crippen MR) is 61.8 cm³/mol. The highest BCUT2D eigenvalue weighted by Gasteiger charge is 2.01. The van der Waals surface area contributed by atoms with Crippen LogP contribution in [-0.2, 0) is 11.2 Å². The molecule has 1 amide bonds. The molecule has 1 rings (SSSR count). The largest absolute Gasteiger partial charge is 0.356 e. The summed E-state index contributed by atoms with van der Waals surface area (Å²) in [5.41, 5.74) is 6.28. The van der Waals surface area contributed by atoms with Crippen LogP contribution in [0.1, 0.15) is 12.0 Å². The number of nitrogens with two attached hydrogens (primary N) is 1. The van der Waals surface area contributed by atoms with Crippen LogP contribution < -0.4 is 11.1 Å². The molecule has 82 valence electrons. The van der Waals surface area contributed by atoms with E-state index in [1.165, 1.54) is 0 Å². The Bertz CT molecular complexity index is 311. The van der Waals surface area contributed by atoms with E-state index < -0.39 is 0 Å². The van der Waals surface area contributed by atoms with Gasteiger partial charge in [-0.1, -0.05) is 23.7 Å². The third-order valence-electron chi connectivity index (χ3n) is 1.98. The van der Waals surface area contributed by atoms with E-state index in [-0.39, 0.29) is 5.91 Å². The second-order valence-electron chi connectivity index (χ2n) is 3.30. The lowest BCUT2D eigenvalue weighted by molar-refractivity contribution is -0.120. The van der Waals surface area contributed by atoms with Crippen LogP contribution in [0.25, 0.3) is 0 Å². The minimum absolute atomic E-state index is 0.0192. The Morgan fingerprint density at radius 3 is 2.60 bits per heavy atom. The van der Waals surface area contributed by atoms with Crippen LogP contribution in [0.5, 0.6) is 0 Å². The number of nitrogens with one attached hydrogen (secondary N) is 1. The van der Waals surface area contributed by atoms with Crippen molar-refractivity contribution in [3.63, 3.8) is 0 Å². The van der Waals surface area contributed by atoms with Gasteiger partial charge in [-0.3, -0.25) is 4.79 Å². The summed E-state index contributed by atoms with van der Waals surface area (Å²) in [7, 11) is 0. The maximum absolute atomic E-state index is 11.4. The first-order chi connectivity index (χ1) is 7.22. The Morgan fingerprint density at radius 1 is 1.33 bits per heavy atom. The predicted octanol–water partition coefficient (Wildman–Crippen LogP) is 1.35. The molecule has 0 aliphatic carbocycles. The molecule has 0 bridgehead atoms. The molecule has 0 saturated heterocycles. The minimum atomic E-state index is 0.0192. The van der Waals surface area contributed by atoms with Crippen molar-refractivity contribution in [1.82, 2.24) is 5.32 Å². The van der Waals surface area contributed by atoms with Crippen LogP contribution in [0.2, 0.25) is 5.02 Å². The van der Waals surface area contributed by atoms with E-state index in [2.05, 4.69) is 5.32 Å². The third-order valence-corrected chi connectivity index (χ3v) is 2.23. The maximum atomic E-state index is 11.4. The summed E-state index contributed by atoms with van der Waals surface area (Å²) < 4.78 is 0. The molecule has 3 N–H and O–H groups in total. The Hall–Kier alpha value is -1.06. The summed E-state index contributed by atoms with van der Waals surface area (Å²) in [5, 5.41) is 3.48. The SMILES string of the molecule is NCCCNC(=O)Cc1ccc(Cl)cc1. The zero-order valence-electron chi connectivity index (χ0n) is 8.50. The highest BCUT2D eigenvalue weighted by molar-refractivity contribution is 6.30. The van der Waals surface area contributed by atoms with Gasteiger partial charge in [-0.15, -0.1) is 0 Å². The van der Waals surface area contributed by atoms with Gasteiger partial charge in [-0.2, -0.15) is 0 Å². The molecule has 0 fully saturated rings. The van der Waals surface area contributed by atoms with Gasteiger partial charge in [0.1, 0.15) is 0 Å². The van der Waals surface area contributed by atoms with Crippen molar-refractivity contribution in [3.05, 3.63) is 34.9 Å². The fourth-order valence-corrected chi connectivity index (χ4v) is 1.31. The average Bonchev–Trinajstić information content (AvgIpc) is 2.22. The molecule has 0 unspecified atom stereocenters. The van der Waals surface area contributed by atoms with Gasteiger partial charge < -0.3 is 11.1 Å². The summed E-state index contributed by atoms with van der Waals surface area (Å²) in [6.07, 6.45) is 1.20. The number of rotatable bonds is 5. The molecule has 0 radical (unpaired) electrons. The van der Waals surface area contributed by atoms with Crippen molar-refractivity contribution in [3.8, 4) is 0 Å². The van der Waals surface area contributed by atoms with E-state index in [0.29, 0.717) is 24.5 Å². The fraction of sp³-hybridized carbons (Fsp3) is 0.364. The Labute approximate surface area is 94.6 Å². The highest BCUT2D eigenvalue weighted by atomic mass is 35.5. The van der Waals surface area contributed by atoms with Crippen molar-refractivity contribution >= 4 is 17.5 Å². The molecular weight excluding hydrogens is 212 g/mol. The molecule has 4 heteroatoms. The first-order valence-electron chi connectivity index (χ1n) is 4.93. The topological polar surface area (TPSA) is 55.1 Å². The van der Waals surface area contributed by atoms with E-state index in [4.69, 9.17) is 17.3 Å². The van der Waals surface area contributed by atoms with Crippen molar-refractivity contribution in [2.75, 3.05) is 13.1 Å². The molecule has 1 aromatic rings. The first-order valence-corrected chi connectivity index (χ1v) is 5.31. The lowest BCUT2D eigenvalue weighted by atomic mass is 10.1. The second-order valence-corrected chi connectivity index (χ2v) is 3.73. The quantitative estimate of drug-likeness (QED) is 0.745. The van der Waals surface area contributed by atoms with Crippen LogP contribution in [0.4, 0.5) is 0 Å². The molecule has 0 saturated carbocycles. The van der Waals surface area contributed by atoms with E-state index in [1.807, 2.05) is 12.1 Å². The lowest BCUT2D eigenvalue weighted by Gasteiger charge is -2.04. The molecule has 0 spiro atoms. The van der Waals surface area contributed by atoms with Gasteiger partial charge in [-0.05, 0) is 30.7 Å². The first kappa shape index (κ1) is 12.0. The smallest absolute Gasteiger partial charge is 0.224 e. The molecule has 0 heterocycles. The molecule has 0 aliphatic heterocycles. The second kappa shape index (κ2) is 6.43. The number of halogens is 1. The summed E-state index contributed by atoms with van der Waals surface area (Å²) in [4.78, 5) is 11.4. The van der Waals surface area contributed by atoms with E-state index >= 15 is 0 Å². The van der Waals surface area contributed by atoms with Gasteiger partial charge in [0.05, 0.1) is 6.42 Å². The van der Waals surface area contributed by atoms with Gasteiger partial charge in [0.15, 0.2) is 0 Å². The molecule has 3 nitrogen and oxygen atoms in total. The number of carbonyl (C=O) groups is 1. The number of hydrogen-bond donors (Lipinski definition) is 2. The van der Waals surface area contributed by atoms with E-state index in [9.17, 15) is 4.79 Å². The summed E-state index contributed by atoms with van der Waals surface area (Å²) >= 11 is 5.74. The monoisotopic (exact) mass is 226 g/mol. The van der Waals surface area contributed by atoms with Gasteiger partial charge in [0, 0.05) is 11.6 Å². The van der Waals surface area contributed by atoms with Crippen LogP contribution >= 0.6 is 11.6 Å². The molecule has 0 aliphatic rings. The Morgan fingerprint density at radius 2 is 2.00 bits per heavy atom. The summed E-state index contributed by atoms with van der Waals surface area (Å²) in [6.45, 7) is 1.24. The van der Waals surface area contributed by atoms with Gasteiger partial charge >= 0.3 is 0 Å². The van der Waals surface area contributed by atoms with Crippen LogP contribution in [0.3, 0.4) is 0 Å². The number of benzene rings is 1. The molecule has 0 aromatic heterocycles. The van der Waals surface area contributed by atoms with Gasteiger partial charge in [0.2, 0.25) is 5.91 Å². The standard InChI is InChI=1S/C11H15ClN2O/c12-10-4-2-9(3-5-10)8-11(15)14-7-1-6-13/h2-5H,1,6-8,13H2,(H,14,15). The van der Waals surface area contributed by atoms with Crippen molar-refractivity contribution in [1.29, 1.82) is 0 Å². The third kappa shape index (κ3) is 4.81. The van der Waals surface area contributed by atoms with Gasteiger partial charge in [-0.25, -0.2) is 0 Å². The zero-order chi connectivity index (χ0) is 11.1. The Balaban J connectivity index is 2.34. The van der Waals surface area contributed by atoms with Crippen LogP contribution in [0, 0.1) is 0 Å². The van der Waals surface area contributed by atoms with E-state index in [1.54, 1.807) is 12.1 Å². The summed E-state index contributed by atoms with van der Waals surface area (Å²) in [6, 6.07) is 7.27. The highest BCUT2D eigenvalue weighted by Crippen LogP contribution is 2.09. The maximum Gasteiger partial charge on any atom is 0.224 e. The lowest BCUT2D eigenvalue weighted by Crippen LogP contribution is -2.27. The molecular formula is C11H15ClN2O. The number of hydrogen-bond acceptors (Lipinski definition) is 2. The summed E-state index contributed by atoms with van der Waals surface area (Å²) in [5.74, 6) is 0.0192. The fourth-order valence-electron chi connectivity index (χ4n) is 1.18. The van der Waals surface area contributed by atoms with Crippen molar-refractivity contribution in [2.24, 2.45) is 5.73 Å².